The van der Waals surface area contributed by atoms with Crippen LogP contribution in [0.15, 0.2) is 71.6 Å². The summed E-state index contributed by atoms with van der Waals surface area (Å²) in [5.74, 6) is -0.269. The maximum absolute atomic E-state index is 12.6. The van der Waals surface area contributed by atoms with Crippen LogP contribution in [0.2, 0.25) is 5.02 Å². The average Bonchev–Trinajstić information content (AvgIpc) is 2.68. The van der Waals surface area contributed by atoms with Crippen LogP contribution in [0.4, 0.5) is 5.69 Å². The second kappa shape index (κ2) is 8.78. The molecule has 0 fully saturated rings. The van der Waals surface area contributed by atoms with Crippen LogP contribution in [0, 0.1) is 13.8 Å². The predicted molar refractivity (Wildman–Crippen MR) is 116 cm³/mol. The van der Waals surface area contributed by atoms with Gasteiger partial charge in [0.2, 0.25) is 10.0 Å². The molecule has 3 aromatic carbocycles. The van der Waals surface area contributed by atoms with Crippen LogP contribution in [-0.4, -0.2) is 14.3 Å². The van der Waals surface area contributed by atoms with Crippen LogP contribution in [0.5, 0.6) is 0 Å². The predicted octanol–water partition coefficient (Wildman–Crippen LogP) is 4.69. The van der Waals surface area contributed by atoms with Gasteiger partial charge < -0.3 is 5.32 Å². The van der Waals surface area contributed by atoms with Gasteiger partial charge in [0.1, 0.15) is 0 Å². The zero-order valence-corrected chi connectivity index (χ0v) is 17.6. The molecule has 3 rings (SSSR count). The molecule has 0 heterocycles. The number of hydrogen-bond donors (Lipinski definition) is 2. The Morgan fingerprint density at radius 1 is 0.966 bits per heavy atom. The molecule has 29 heavy (non-hydrogen) atoms. The van der Waals surface area contributed by atoms with Crippen molar-refractivity contribution in [3.63, 3.8) is 0 Å². The molecule has 2 N–H and O–H groups in total. The molecule has 0 unspecified atom stereocenters. The van der Waals surface area contributed by atoms with E-state index in [4.69, 9.17) is 11.6 Å². The quantitative estimate of drug-likeness (QED) is 0.598. The van der Waals surface area contributed by atoms with Crippen molar-refractivity contribution in [2.75, 3.05) is 5.32 Å². The smallest absolute Gasteiger partial charge is 0.255 e. The highest BCUT2D eigenvalue weighted by Gasteiger charge is 2.16. The summed E-state index contributed by atoms with van der Waals surface area (Å²) < 4.78 is 27.8. The highest BCUT2D eigenvalue weighted by atomic mass is 35.5. The molecular formula is C22H21ClN2O3S. The highest BCUT2D eigenvalue weighted by molar-refractivity contribution is 7.89. The van der Waals surface area contributed by atoms with Gasteiger partial charge in [0.15, 0.2) is 0 Å². The molecule has 0 aliphatic heterocycles. The first kappa shape index (κ1) is 21.0. The fraction of sp³-hybridized carbons (Fsp3) is 0.136. The van der Waals surface area contributed by atoms with Gasteiger partial charge in [0.25, 0.3) is 5.91 Å². The van der Waals surface area contributed by atoms with E-state index >= 15 is 0 Å². The minimum Gasteiger partial charge on any atom is -0.322 e. The third-order valence-corrected chi connectivity index (χ3v) is 6.18. The lowest BCUT2D eigenvalue weighted by Gasteiger charge is -2.11. The molecule has 0 aromatic heterocycles. The first-order valence-corrected chi connectivity index (χ1v) is 10.8. The van der Waals surface area contributed by atoms with Gasteiger partial charge in [-0.1, -0.05) is 41.9 Å². The Bertz CT molecular complexity index is 1140. The second-order valence-corrected chi connectivity index (χ2v) is 8.93. The average molecular weight is 429 g/mol. The topological polar surface area (TPSA) is 75.3 Å². The molecule has 0 spiro atoms. The molecule has 0 bridgehead atoms. The largest absolute Gasteiger partial charge is 0.322 e. The molecule has 0 radical (unpaired) electrons. The number of hydrogen-bond acceptors (Lipinski definition) is 3. The summed E-state index contributed by atoms with van der Waals surface area (Å²) in [6, 6.07) is 19.0. The fourth-order valence-corrected chi connectivity index (χ4v) is 4.33. The van der Waals surface area contributed by atoms with Crippen molar-refractivity contribution in [1.29, 1.82) is 0 Å². The van der Waals surface area contributed by atoms with Crippen LogP contribution < -0.4 is 10.0 Å². The third-order valence-electron chi connectivity index (χ3n) is 4.40. The number of carbonyl (C=O) groups is 1. The summed E-state index contributed by atoms with van der Waals surface area (Å²) in [6.07, 6.45) is 0. The minimum atomic E-state index is -3.62. The van der Waals surface area contributed by atoms with Gasteiger partial charge in [0.05, 0.1) is 4.90 Å². The molecule has 1 amide bonds. The van der Waals surface area contributed by atoms with Gasteiger partial charge in [-0.3, -0.25) is 4.79 Å². The molecule has 0 saturated heterocycles. The maximum atomic E-state index is 12.6. The summed E-state index contributed by atoms with van der Waals surface area (Å²) >= 11 is 5.92. The van der Waals surface area contributed by atoms with Gasteiger partial charge in [-0.15, -0.1) is 0 Å². The molecule has 7 heteroatoms. The van der Waals surface area contributed by atoms with E-state index in [1.165, 1.54) is 0 Å². The molecule has 3 aromatic rings. The van der Waals surface area contributed by atoms with Gasteiger partial charge in [0, 0.05) is 22.8 Å². The number of aryl methyl sites for hydroxylation is 2. The summed E-state index contributed by atoms with van der Waals surface area (Å²) in [5, 5.41) is 3.31. The van der Waals surface area contributed by atoms with Crippen LogP contribution in [-0.2, 0) is 16.6 Å². The van der Waals surface area contributed by atoms with E-state index < -0.39 is 10.0 Å². The lowest BCUT2D eigenvalue weighted by molar-refractivity contribution is 0.102. The van der Waals surface area contributed by atoms with E-state index in [1.54, 1.807) is 67.6 Å². The number of benzene rings is 3. The van der Waals surface area contributed by atoms with Crippen LogP contribution in [0.3, 0.4) is 0 Å². The SMILES string of the molecule is Cc1ccc(C)c(S(=O)(=O)NCc2ccc(C(=O)Nc3cccc(Cl)c3)cc2)c1. The second-order valence-electron chi connectivity index (χ2n) is 6.75. The number of halogens is 1. The monoisotopic (exact) mass is 428 g/mol. The first-order valence-electron chi connectivity index (χ1n) is 8.97. The van der Waals surface area contributed by atoms with Crippen LogP contribution in [0.1, 0.15) is 27.0 Å². The van der Waals surface area contributed by atoms with Crippen molar-refractivity contribution in [3.05, 3.63) is 94.0 Å². The summed E-state index contributed by atoms with van der Waals surface area (Å²) in [5.41, 5.74) is 3.39. The number of rotatable bonds is 6. The van der Waals surface area contributed by atoms with E-state index in [2.05, 4.69) is 10.0 Å². The minimum absolute atomic E-state index is 0.131. The molecule has 0 aliphatic rings. The van der Waals surface area contributed by atoms with E-state index in [0.29, 0.717) is 21.8 Å². The van der Waals surface area contributed by atoms with E-state index in [1.807, 2.05) is 13.0 Å². The van der Waals surface area contributed by atoms with Crippen molar-refractivity contribution in [2.45, 2.75) is 25.3 Å². The Kier molecular flexibility index (Phi) is 6.37. The van der Waals surface area contributed by atoms with Crippen molar-refractivity contribution < 1.29 is 13.2 Å². The lowest BCUT2D eigenvalue weighted by atomic mass is 10.1. The molecule has 150 valence electrons. The Morgan fingerprint density at radius 2 is 1.69 bits per heavy atom. The van der Waals surface area contributed by atoms with Gasteiger partial charge in [-0.25, -0.2) is 13.1 Å². The number of carbonyl (C=O) groups excluding carboxylic acids is 1. The summed E-state index contributed by atoms with van der Waals surface area (Å²) in [4.78, 5) is 12.6. The molecule has 0 saturated carbocycles. The van der Waals surface area contributed by atoms with Gasteiger partial charge in [-0.05, 0) is 66.9 Å². The number of nitrogens with one attached hydrogen (secondary N) is 2. The number of amides is 1. The third kappa shape index (κ3) is 5.44. The Balaban J connectivity index is 1.66. The van der Waals surface area contributed by atoms with E-state index in [0.717, 1.165) is 11.1 Å². The van der Waals surface area contributed by atoms with Crippen LogP contribution in [0.25, 0.3) is 0 Å². The lowest BCUT2D eigenvalue weighted by Crippen LogP contribution is -2.24. The zero-order valence-electron chi connectivity index (χ0n) is 16.1. The van der Waals surface area contributed by atoms with Crippen molar-refractivity contribution >= 4 is 33.2 Å². The molecular weight excluding hydrogens is 408 g/mol. The van der Waals surface area contributed by atoms with Crippen molar-refractivity contribution in [1.82, 2.24) is 4.72 Å². The maximum Gasteiger partial charge on any atom is 0.255 e. The zero-order chi connectivity index (χ0) is 21.0. The summed E-state index contributed by atoms with van der Waals surface area (Å²) in [7, 11) is -3.62. The first-order chi connectivity index (χ1) is 13.7. The van der Waals surface area contributed by atoms with Crippen LogP contribution >= 0.6 is 11.6 Å². The standard InChI is InChI=1S/C22H21ClN2O3S/c1-15-6-7-16(2)21(12-15)29(27,28)24-14-17-8-10-18(11-9-17)22(26)25-20-5-3-4-19(23)13-20/h3-13,24H,14H2,1-2H3,(H,25,26). The Hall–Kier alpha value is -2.67. The van der Waals surface area contributed by atoms with Crippen molar-refractivity contribution in [3.8, 4) is 0 Å². The van der Waals surface area contributed by atoms with E-state index in [9.17, 15) is 13.2 Å². The summed E-state index contributed by atoms with van der Waals surface area (Å²) in [6.45, 7) is 3.75. The Labute approximate surface area is 175 Å². The van der Waals surface area contributed by atoms with Gasteiger partial charge in [-0.2, -0.15) is 0 Å². The number of anilines is 1. The van der Waals surface area contributed by atoms with E-state index in [-0.39, 0.29) is 17.3 Å². The molecule has 5 nitrogen and oxygen atoms in total. The fourth-order valence-electron chi connectivity index (χ4n) is 2.80. The molecule has 0 aliphatic carbocycles. The molecule has 0 atom stereocenters. The van der Waals surface area contributed by atoms with Gasteiger partial charge >= 0.3 is 0 Å². The highest BCUT2D eigenvalue weighted by Crippen LogP contribution is 2.18. The normalized spacial score (nSPS) is 11.3. The number of sulfonamides is 1. The Morgan fingerprint density at radius 3 is 2.38 bits per heavy atom. The van der Waals surface area contributed by atoms with Crippen molar-refractivity contribution in [2.24, 2.45) is 0 Å².